The molecule has 0 spiro atoms. The summed E-state index contributed by atoms with van der Waals surface area (Å²) in [6.45, 7) is 0. The molecule has 1 aliphatic rings. The van der Waals surface area contributed by atoms with Gasteiger partial charge in [-0.15, -0.1) is 0 Å². The van der Waals surface area contributed by atoms with Crippen molar-refractivity contribution >= 4 is 41.2 Å². The van der Waals surface area contributed by atoms with Gasteiger partial charge in [0, 0.05) is 18.7 Å². The van der Waals surface area contributed by atoms with Crippen molar-refractivity contribution in [2.45, 2.75) is 0 Å². The molecule has 3 amide bonds. The Morgan fingerprint density at radius 1 is 1.14 bits per heavy atom. The molecule has 0 aliphatic carbocycles. The summed E-state index contributed by atoms with van der Waals surface area (Å²) >= 11 is 11.9. The maximum Gasteiger partial charge on any atom is 0.328 e. The number of furan rings is 1. The van der Waals surface area contributed by atoms with E-state index in [2.05, 4.69) is 5.32 Å². The van der Waals surface area contributed by atoms with E-state index >= 15 is 0 Å². The summed E-state index contributed by atoms with van der Waals surface area (Å²) in [6, 6.07) is 8.12. The number of carbonyl (C=O) groups excluding carboxylic acids is 2. The second kappa shape index (κ2) is 5.51. The lowest BCUT2D eigenvalue weighted by Crippen LogP contribution is -2.25. The van der Waals surface area contributed by atoms with Crippen molar-refractivity contribution < 1.29 is 14.0 Å². The minimum Gasteiger partial charge on any atom is -0.457 e. The number of likely N-dealkylation sites (N-methyl/N-ethyl adjacent to an activating group) is 1. The van der Waals surface area contributed by atoms with E-state index in [1.807, 2.05) is 0 Å². The highest BCUT2D eigenvalue weighted by Gasteiger charge is 2.30. The third-order valence-corrected chi connectivity index (χ3v) is 3.94. The number of rotatable bonds is 2. The van der Waals surface area contributed by atoms with Crippen LogP contribution in [0.1, 0.15) is 5.76 Å². The van der Waals surface area contributed by atoms with Crippen LogP contribution in [0.5, 0.6) is 0 Å². The fourth-order valence-electron chi connectivity index (χ4n) is 2.00. The smallest absolute Gasteiger partial charge is 0.328 e. The van der Waals surface area contributed by atoms with Crippen LogP contribution in [-0.4, -0.2) is 23.9 Å². The van der Waals surface area contributed by atoms with E-state index in [0.717, 1.165) is 10.5 Å². The van der Waals surface area contributed by atoms with Crippen molar-refractivity contribution in [1.29, 1.82) is 0 Å². The number of hydrogen-bond donors (Lipinski definition) is 1. The second-order valence-corrected chi connectivity index (χ2v) is 5.50. The quantitative estimate of drug-likeness (QED) is 0.670. The van der Waals surface area contributed by atoms with Gasteiger partial charge in [-0.3, -0.25) is 9.69 Å². The average Bonchev–Trinajstić information content (AvgIpc) is 3.04. The number of halogens is 2. The summed E-state index contributed by atoms with van der Waals surface area (Å²) < 4.78 is 5.65. The Kier molecular flexibility index (Phi) is 3.68. The predicted molar refractivity (Wildman–Crippen MR) is 83.4 cm³/mol. The minimum atomic E-state index is -0.465. The number of amides is 3. The van der Waals surface area contributed by atoms with Gasteiger partial charge < -0.3 is 9.73 Å². The molecule has 1 saturated heterocycles. The third kappa shape index (κ3) is 2.61. The van der Waals surface area contributed by atoms with Crippen LogP contribution in [0, 0.1) is 0 Å². The Morgan fingerprint density at radius 2 is 1.91 bits per heavy atom. The monoisotopic (exact) mass is 336 g/mol. The number of imide groups is 1. The van der Waals surface area contributed by atoms with Crippen molar-refractivity contribution in [2.24, 2.45) is 0 Å². The molecule has 1 fully saturated rings. The molecule has 1 aromatic heterocycles. The van der Waals surface area contributed by atoms with E-state index in [4.69, 9.17) is 27.6 Å². The first-order valence-corrected chi connectivity index (χ1v) is 7.07. The first kappa shape index (κ1) is 14.7. The topological polar surface area (TPSA) is 62.6 Å². The fourth-order valence-corrected chi connectivity index (χ4v) is 2.30. The minimum absolute atomic E-state index is 0.169. The van der Waals surface area contributed by atoms with E-state index < -0.39 is 11.9 Å². The molecule has 5 nitrogen and oxygen atoms in total. The van der Waals surface area contributed by atoms with Crippen LogP contribution in [0.15, 0.2) is 40.4 Å². The zero-order valence-corrected chi connectivity index (χ0v) is 12.9. The van der Waals surface area contributed by atoms with Gasteiger partial charge >= 0.3 is 6.03 Å². The summed E-state index contributed by atoms with van der Waals surface area (Å²) in [5, 5.41) is 3.35. The fraction of sp³-hybridized carbons (Fsp3) is 0.0667. The van der Waals surface area contributed by atoms with Gasteiger partial charge in [-0.2, -0.15) is 0 Å². The molecule has 2 aromatic rings. The SMILES string of the molecule is CN1C(=O)N/C(=C\c2ccc(-c3ccc(Cl)c(Cl)c3)o2)C1=O. The predicted octanol–water partition coefficient (Wildman–Crippen LogP) is 3.78. The zero-order valence-electron chi connectivity index (χ0n) is 11.4. The molecule has 1 N–H and O–H groups in total. The number of nitrogens with zero attached hydrogens (tertiary/aromatic N) is 1. The Hall–Kier alpha value is -2.24. The van der Waals surface area contributed by atoms with E-state index in [9.17, 15) is 9.59 Å². The van der Waals surface area contributed by atoms with Gasteiger partial charge in [0.25, 0.3) is 5.91 Å². The van der Waals surface area contributed by atoms with E-state index in [1.165, 1.54) is 13.1 Å². The second-order valence-electron chi connectivity index (χ2n) is 4.68. The lowest BCUT2D eigenvalue weighted by Gasteiger charge is -2.00. The Balaban J connectivity index is 1.90. The average molecular weight is 337 g/mol. The molecule has 0 radical (unpaired) electrons. The summed E-state index contributed by atoms with van der Waals surface area (Å²) in [7, 11) is 1.40. The maximum atomic E-state index is 11.8. The number of benzene rings is 1. The van der Waals surface area contributed by atoms with Crippen molar-refractivity contribution in [2.75, 3.05) is 7.05 Å². The van der Waals surface area contributed by atoms with Crippen molar-refractivity contribution in [3.63, 3.8) is 0 Å². The first-order chi connectivity index (χ1) is 10.5. The lowest BCUT2D eigenvalue weighted by atomic mass is 10.2. The maximum absolute atomic E-state index is 11.8. The highest BCUT2D eigenvalue weighted by molar-refractivity contribution is 6.42. The molecule has 1 aromatic carbocycles. The van der Waals surface area contributed by atoms with Crippen LogP contribution in [0.4, 0.5) is 4.79 Å². The summed E-state index contributed by atoms with van der Waals surface area (Å²) in [5.74, 6) is 0.619. The van der Waals surface area contributed by atoms with E-state index in [1.54, 1.807) is 30.3 Å². The normalized spacial score (nSPS) is 16.5. The molecule has 0 unspecified atom stereocenters. The Bertz CT molecular complexity index is 811. The highest BCUT2D eigenvalue weighted by atomic mass is 35.5. The van der Waals surface area contributed by atoms with E-state index in [-0.39, 0.29) is 5.70 Å². The van der Waals surface area contributed by atoms with Crippen molar-refractivity contribution in [3.05, 3.63) is 51.8 Å². The van der Waals surface area contributed by atoms with Gasteiger partial charge in [-0.25, -0.2) is 4.79 Å². The Labute approximate surface area is 136 Å². The van der Waals surface area contributed by atoms with Crippen molar-refractivity contribution in [3.8, 4) is 11.3 Å². The molecular formula is C15H10Cl2N2O3. The lowest BCUT2D eigenvalue weighted by molar-refractivity contribution is -0.121. The van der Waals surface area contributed by atoms with Gasteiger partial charge in [-0.1, -0.05) is 23.2 Å². The molecule has 0 saturated carbocycles. The van der Waals surface area contributed by atoms with Gasteiger partial charge in [-0.05, 0) is 30.3 Å². The standard InChI is InChI=1S/C15H10Cl2N2O3/c1-19-14(20)12(18-15(19)21)7-9-3-5-13(22-9)8-2-4-10(16)11(17)6-8/h2-7H,1H3,(H,18,21)/b12-7-. The van der Waals surface area contributed by atoms with Crippen LogP contribution >= 0.6 is 23.2 Å². The molecule has 112 valence electrons. The van der Waals surface area contributed by atoms with Gasteiger partial charge in [0.1, 0.15) is 17.2 Å². The molecule has 0 atom stereocenters. The summed E-state index contributed by atoms with van der Waals surface area (Å²) in [6.07, 6.45) is 1.48. The Morgan fingerprint density at radius 3 is 2.55 bits per heavy atom. The van der Waals surface area contributed by atoms with Crippen LogP contribution < -0.4 is 5.32 Å². The van der Waals surface area contributed by atoms with E-state index in [0.29, 0.717) is 21.6 Å². The van der Waals surface area contributed by atoms with Crippen LogP contribution in [0.25, 0.3) is 17.4 Å². The van der Waals surface area contributed by atoms with Crippen LogP contribution in [0.2, 0.25) is 10.0 Å². The molecule has 7 heteroatoms. The van der Waals surface area contributed by atoms with Crippen molar-refractivity contribution in [1.82, 2.24) is 10.2 Å². The largest absolute Gasteiger partial charge is 0.457 e. The third-order valence-electron chi connectivity index (χ3n) is 3.20. The zero-order chi connectivity index (χ0) is 15.9. The number of nitrogens with one attached hydrogen (secondary N) is 1. The van der Waals surface area contributed by atoms with Gasteiger partial charge in [0.15, 0.2) is 0 Å². The molecular weight excluding hydrogens is 327 g/mol. The summed E-state index contributed by atoms with van der Waals surface area (Å²) in [4.78, 5) is 24.2. The number of carbonyl (C=O) groups is 2. The molecule has 0 bridgehead atoms. The molecule has 1 aliphatic heterocycles. The molecule has 2 heterocycles. The first-order valence-electron chi connectivity index (χ1n) is 6.31. The highest BCUT2D eigenvalue weighted by Crippen LogP contribution is 2.30. The number of urea groups is 1. The van der Waals surface area contributed by atoms with Crippen LogP contribution in [0.3, 0.4) is 0 Å². The van der Waals surface area contributed by atoms with Gasteiger partial charge in [0.2, 0.25) is 0 Å². The molecule has 3 rings (SSSR count). The number of hydrogen-bond acceptors (Lipinski definition) is 3. The molecule has 22 heavy (non-hydrogen) atoms. The van der Waals surface area contributed by atoms with Gasteiger partial charge in [0.05, 0.1) is 10.0 Å². The summed E-state index contributed by atoms with van der Waals surface area (Å²) in [5.41, 5.74) is 0.931. The van der Waals surface area contributed by atoms with Crippen LogP contribution in [-0.2, 0) is 4.79 Å².